The maximum atomic E-state index is 13.2. The molecule has 2 aliphatic rings. The van der Waals surface area contributed by atoms with E-state index in [4.69, 9.17) is 5.73 Å². The van der Waals surface area contributed by atoms with Gasteiger partial charge < -0.3 is 20.6 Å². The number of benzene rings is 2. The van der Waals surface area contributed by atoms with E-state index in [9.17, 15) is 50.2 Å². The van der Waals surface area contributed by atoms with Crippen LogP contribution in [0.3, 0.4) is 0 Å². The van der Waals surface area contributed by atoms with Crippen LogP contribution in [0.5, 0.6) is 0 Å². The van der Waals surface area contributed by atoms with E-state index in [1.54, 1.807) is 19.1 Å². The molecule has 0 unspecified atom stereocenters. The SMILES string of the molecule is CC(=O)N1CCN([C@H]2CCN(C(=O)O)[C@@H](c3ccc(F)cc3)C2)CC1.C[C@@H](C(N)=O)c1cc(C(F)(F)F)cc(C(F)(F)F)c1. The molecule has 3 N–H and O–H groups in total. The molecular formula is C29H33F7N4O4. The van der Waals surface area contributed by atoms with Gasteiger partial charge in [0.15, 0.2) is 0 Å². The van der Waals surface area contributed by atoms with E-state index in [1.165, 1.54) is 17.0 Å². The second-order valence-corrected chi connectivity index (χ2v) is 10.7. The van der Waals surface area contributed by atoms with Crippen LogP contribution in [0.15, 0.2) is 42.5 Å². The van der Waals surface area contributed by atoms with Crippen molar-refractivity contribution in [1.29, 1.82) is 0 Å². The fourth-order valence-corrected chi connectivity index (χ4v) is 5.30. The second kappa shape index (κ2) is 13.8. The monoisotopic (exact) mass is 634 g/mol. The van der Waals surface area contributed by atoms with Crippen LogP contribution in [0.1, 0.15) is 60.9 Å². The first-order valence-electron chi connectivity index (χ1n) is 13.7. The van der Waals surface area contributed by atoms with Gasteiger partial charge in [0.25, 0.3) is 0 Å². The van der Waals surface area contributed by atoms with Crippen LogP contribution in [0, 0.1) is 5.82 Å². The van der Waals surface area contributed by atoms with E-state index < -0.39 is 47.0 Å². The predicted molar refractivity (Wildman–Crippen MR) is 145 cm³/mol. The number of likely N-dealkylation sites (tertiary alicyclic amines) is 1. The number of rotatable bonds is 4. The van der Waals surface area contributed by atoms with E-state index in [-0.39, 0.29) is 29.9 Å². The van der Waals surface area contributed by atoms with Crippen molar-refractivity contribution in [3.8, 4) is 0 Å². The van der Waals surface area contributed by atoms with Crippen LogP contribution >= 0.6 is 0 Å². The highest BCUT2D eigenvalue weighted by atomic mass is 19.4. The average molecular weight is 635 g/mol. The lowest BCUT2D eigenvalue weighted by atomic mass is 9.90. The van der Waals surface area contributed by atoms with Crippen molar-refractivity contribution in [2.75, 3.05) is 32.7 Å². The van der Waals surface area contributed by atoms with Gasteiger partial charge in [0.05, 0.1) is 23.1 Å². The number of piperazine rings is 1. The van der Waals surface area contributed by atoms with E-state index >= 15 is 0 Å². The quantitative estimate of drug-likeness (QED) is 0.433. The number of carboxylic acid groups (broad SMARTS) is 1. The van der Waals surface area contributed by atoms with Crippen LogP contribution in [-0.4, -0.2) is 76.5 Å². The minimum atomic E-state index is -4.94. The molecule has 3 amide bonds. The zero-order chi connectivity index (χ0) is 33.0. The Morgan fingerprint density at radius 1 is 0.886 bits per heavy atom. The number of halogens is 7. The molecule has 2 fully saturated rings. The molecule has 2 aliphatic heterocycles. The minimum absolute atomic E-state index is 0.00276. The van der Waals surface area contributed by atoms with Crippen LogP contribution in [0.4, 0.5) is 35.5 Å². The highest BCUT2D eigenvalue weighted by molar-refractivity contribution is 5.81. The maximum Gasteiger partial charge on any atom is 0.416 e. The van der Waals surface area contributed by atoms with Gasteiger partial charge in [-0.1, -0.05) is 12.1 Å². The molecule has 0 bridgehead atoms. The summed E-state index contributed by atoms with van der Waals surface area (Å²) in [5.41, 5.74) is 2.36. The number of carbonyl (C=O) groups is 3. The van der Waals surface area contributed by atoms with Crippen LogP contribution in [-0.2, 0) is 21.9 Å². The molecule has 242 valence electrons. The number of alkyl halides is 6. The summed E-state index contributed by atoms with van der Waals surface area (Å²) >= 11 is 0. The molecule has 15 heteroatoms. The number of hydrogen-bond donors (Lipinski definition) is 2. The first-order chi connectivity index (χ1) is 20.4. The predicted octanol–water partition coefficient (Wildman–Crippen LogP) is 5.49. The van der Waals surface area contributed by atoms with Crippen LogP contribution in [0.2, 0.25) is 0 Å². The Balaban J connectivity index is 0.000000251. The molecule has 4 rings (SSSR count). The Hall–Kier alpha value is -3.88. The Labute approximate surface area is 249 Å². The van der Waals surface area contributed by atoms with Crippen molar-refractivity contribution in [2.45, 2.75) is 57.0 Å². The highest BCUT2D eigenvalue weighted by Gasteiger charge is 2.38. The van der Waals surface area contributed by atoms with Gasteiger partial charge in [-0.25, -0.2) is 9.18 Å². The molecule has 2 saturated heterocycles. The topological polar surface area (TPSA) is 107 Å². The standard InChI is InChI=1S/C18H24FN3O3.C11H9F6NO/c1-13(23)20-8-10-21(11-9-20)16-6-7-22(18(24)25)17(12-16)14-2-4-15(19)5-3-14;1-5(9(18)19)6-2-7(10(12,13)14)4-8(3-6)11(15,16)17/h2-5,16-17H,6-12H2,1H3,(H,24,25);2-5H,1H3,(H2,18,19)/t16-,17+;5-/m01/s1. The average Bonchev–Trinajstić information content (AvgIpc) is 2.96. The fourth-order valence-electron chi connectivity index (χ4n) is 5.30. The summed E-state index contributed by atoms with van der Waals surface area (Å²) in [6.07, 6.45) is -9.34. The van der Waals surface area contributed by atoms with Gasteiger partial charge in [-0.05, 0) is 61.2 Å². The van der Waals surface area contributed by atoms with E-state index in [2.05, 4.69) is 4.90 Å². The van der Waals surface area contributed by atoms with E-state index in [1.807, 2.05) is 4.90 Å². The first-order valence-corrected chi connectivity index (χ1v) is 13.7. The zero-order valence-electron chi connectivity index (χ0n) is 24.0. The first kappa shape index (κ1) is 34.6. The molecular weight excluding hydrogens is 601 g/mol. The van der Waals surface area contributed by atoms with Gasteiger partial charge in [0, 0.05) is 45.7 Å². The summed E-state index contributed by atoms with van der Waals surface area (Å²) in [6, 6.07) is 7.10. The molecule has 0 saturated carbocycles. The third-order valence-corrected chi connectivity index (χ3v) is 7.89. The number of amides is 3. The molecule has 0 spiro atoms. The van der Waals surface area contributed by atoms with Crippen molar-refractivity contribution in [2.24, 2.45) is 5.73 Å². The summed E-state index contributed by atoms with van der Waals surface area (Å²) in [5, 5.41) is 9.51. The zero-order valence-corrected chi connectivity index (χ0v) is 24.0. The molecule has 8 nitrogen and oxygen atoms in total. The number of carbonyl (C=O) groups excluding carboxylic acids is 2. The number of nitrogens with two attached hydrogens (primary N) is 1. The Morgan fingerprint density at radius 2 is 1.41 bits per heavy atom. The molecule has 2 aromatic carbocycles. The summed E-state index contributed by atoms with van der Waals surface area (Å²) in [5.74, 6) is -2.47. The normalized spacial score (nSPS) is 20.4. The van der Waals surface area contributed by atoms with Crippen molar-refractivity contribution in [1.82, 2.24) is 14.7 Å². The molecule has 2 aromatic rings. The lowest BCUT2D eigenvalue weighted by Gasteiger charge is -2.45. The summed E-state index contributed by atoms with van der Waals surface area (Å²) < 4.78 is 88.3. The van der Waals surface area contributed by atoms with Crippen molar-refractivity contribution < 1.29 is 50.2 Å². The molecule has 2 heterocycles. The van der Waals surface area contributed by atoms with Gasteiger partial charge in [-0.3, -0.25) is 14.5 Å². The van der Waals surface area contributed by atoms with Crippen molar-refractivity contribution in [3.63, 3.8) is 0 Å². The fraction of sp³-hybridized carbons (Fsp3) is 0.483. The maximum absolute atomic E-state index is 13.2. The molecule has 44 heavy (non-hydrogen) atoms. The van der Waals surface area contributed by atoms with Crippen LogP contribution in [0.25, 0.3) is 0 Å². The number of hydrogen-bond acceptors (Lipinski definition) is 4. The Morgan fingerprint density at radius 3 is 1.84 bits per heavy atom. The third-order valence-electron chi connectivity index (χ3n) is 7.89. The smallest absolute Gasteiger partial charge is 0.416 e. The lowest BCUT2D eigenvalue weighted by molar-refractivity contribution is -0.143. The number of primary amides is 1. The second-order valence-electron chi connectivity index (χ2n) is 10.7. The lowest BCUT2D eigenvalue weighted by Crippen LogP contribution is -2.54. The molecule has 0 aliphatic carbocycles. The minimum Gasteiger partial charge on any atom is -0.465 e. The highest BCUT2D eigenvalue weighted by Crippen LogP contribution is 2.38. The Bertz CT molecular complexity index is 1290. The summed E-state index contributed by atoms with van der Waals surface area (Å²) in [7, 11) is 0. The Kier molecular flexibility index (Phi) is 10.9. The summed E-state index contributed by atoms with van der Waals surface area (Å²) in [6.45, 7) is 6.25. The van der Waals surface area contributed by atoms with Crippen molar-refractivity contribution >= 4 is 17.9 Å². The molecule has 0 aromatic heterocycles. The molecule has 3 atom stereocenters. The van der Waals surface area contributed by atoms with Gasteiger partial charge >= 0.3 is 18.4 Å². The third kappa shape index (κ3) is 8.83. The van der Waals surface area contributed by atoms with E-state index in [0.29, 0.717) is 25.1 Å². The number of piperidine rings is 1. The van der Waals surface area contributed by atoms with Crippen LogP contribution < -0.4 is 5.73 Å². The van der Waals surface area contributed by atoms with Gasteiger partial charge in [-0.2, -0.15) is 26.3 Å². The van der Waals surface area contributed by atoms with Gasteiger partial charge in [-0.15, -0.1) is 0 Å². The largest absolute Gasteiger partial charge is 0.465 e. The molecule has 0 radical (unpaired) electrons. The summed E-state index contributed by atoms with van der Waals surface area (Å²) in [4.78, 5) is 39.6. The van der Waals surface area contributed by atoms with Gasteiger partial charge in [0.1, 0.15) is 5.82 Å². The number of nitrogens with zero attached hydrogens (tertiary/aromatic N) is 3. The van der Waals surface area contributed by atoms with Crippen molar-refractivity contribution in [3.05, 3.63) is 70.5 Å². The van der Waals surface area contributed by atoms with Gasteiger partial charge in [0.2, 0.25) is 11.8 Å². The van der Waals surface area contributed by atoms with E-state index in [0.717, 1.165) is 45.1 Å².